The van der Waals surface area contributed by atoms with Crippen LogP contribution in [0, 0.1) is 12.3 Å². The first-order valence-corrected chi connectivity index (χ1v) is 9.48. The molecule has 8 heteroatoms. The zero-order chi connectivity index (χ0) is 22.1. The third kappa shape index (κ3) is 1.71. The summed E-state index contributed by atoms with van der Waals surface area (Å²) in [4.78, 5) is 39.8. The molecule has 3 aliphatic carbocycles. The highest BCUT2D eigenvalue weighted by molar-refractivity contribution is 6.47. The predicted octanol–water partition coefficient (Wildman–Crippen LogP) is 2.80. The van der Waals surface area contributed by atoms with Gasteiger partial charge in [-0.2, -0.15) is 0 Å². The number of aliphatic hydroxyl groups is 1. The van der Waals surface area contributed by atoms with Gasteiger partial charge in [-0.1, -0.05) is 11.6 Å². The summed E-state index contributed by atoms with van der Waals surface area (Å²) < 4.78 is 0. The predicted molar refractivity (Wildman–Crippen MR) is 104 cm³/mol. The minimum absolute atomic E-state index is 0.0584. The van der Waals surface area contributed by atoms with Crippen molar-refractivity contribution < 1.29 is 34.8 Å². The van der Waals surface area contributed by atoms with Crippen LogP contribution in [0.5, 0.6) is 17.2 Å². The SMILES string of the molecule is Cc1cc(O)c2c3c1C(=O)C(Cl)=C1C(C)(C)C(=O)c4c(O)cc(O)c(c4[C@@]13O)C2=O. The number of carbonyl (C=O) groups is 3. The van der Waals surface area contributed by atoms with E-state index in [2.05, 4.69) is 0 Å². The highest BCUT2D eigenvalue weighted by Crippen LogP contribution is 2.63. The molecule has 0 aromatic heterocycles. The molecule has 0 fully saturated rings. The molecule has 0 saturated heterocycles. The van der Waals surface area contributed by atoms with Gasteiger partial charge >= 0.3 is 0 Å². The Kier molecular flexibility index (Phi) is 3.21. The second kappa shape index (κ2) is 5.11. The van der Waals surface area contributed by atoms with Gasteiger partial charge in [-0.15, -0.1) is 0 Å². The summed E-state index contributed by atoms with van der Waals surface area (Å²) in [6.07, 6.45) is 0. The van der Waals surface area contributed by atoms with Crippen LogP contribution in [-0.2, 0) is 5.60 Å². The Morgan fingerprint density at radius 1 is 0.800 bits per heavy atom. The first-order chi connectivity index (χ1) is 13.9. The van der Waals surface area contributed by atoms with Crippen LogP contribution in [0.25, 0.3) is 0 Å². The van der Waals surface area contributed by atoms with Crippen LogP contribution in [0.2, 0.25) is 0 Å². The van der Waals surface area contributed by atoms with Crippen molar-refractivity contribution in [3.05, 3.63) is 61.7 Å². The number of ketones is 3. The number of phenolic OH excluding ortho intramolecular Hbond substituents is 3. The number of aryl methyl sites for hydroxylation is 1. The molecule has 0 saturated carbocycles. The van der Waals surface area contributed by atoms with Crippen molar-refractivity contribution in [1.82, 2.24) is 0 Å². The molecular formula is C22H15ClO7. The second-order valence-electron chi connectivity index (χ2n) is 8.39. The number of benzene rings is 2. The van der Waals surface area contributed by atoms with Crippen LogP contribution in [0.15, 0.2) is 22.7 Å². The average Bonchev–Trinajstić information content (AvgIpc) is 2.62. The molecule has 0 heterocycles. The summed E-state index contributed by atoms with van der Waals surface area (Å²) in [5, 5.41) is 43.3. The Labute approximate surface area is 174 Å². The Balaban J connectivity index is 2.16. The van der Waals surface area contributed by atoms with E-state index in [0.29, 0.717) is 0 Å². The van der Waals surface area contributed by atoms with Crippen LogP contribution >= 0.6 is 11.6 Å². The Morgan fingerprint density at radius 3 is 1.90 bits per heavy atom. The summed E-state index contributed by atoms with van der Waals surface area (Å²) in [6.45, 7) is 4.42. The molecule has 0 unspecified atom stereocenters. The van der Waals surface area contributed by atoms with E-state index in [1.807, 2.05) is 0 Å². The molecular weight excluding hydrogens is 412 g/mol. The number of phenols is 3. The standard InChI is InChI=1S/C22H15ClO7/c1-6-4-7(24)11-14-10(6)18(28)16(23)19-21(2,3)20(29)13-9(26)5-8(25)12(17(11)27)15(13)22(14,19)30/h4-5,24-26,30H,1-3H3/t22-/m1/s1. The lowest BCUT2D eigenvalue weighted by atomic mass is 9.53. The monoisotopic (exact) mass is 426 g/mol. The summed E-state index contributed by atoms with van der Waals surface area (Å²) in [6, 6.07) is 2.07. The smallest absolute Gasteiger partial charge is 0.205 e. The zero-order valence-electron chi connectivity index (χ0n) is 16.0. The summed E-state index contributed by atoms with van der Waals surface area (Å²) >= 11 is 6.42. The van der Waals surface area contributed by atoms with Crippen LogP contribution in [0.3, 0.4) is 0 Å². The lowest BCUT2D eigenvalue weighted by Gasteiger charge is -2.50. The maximum atomic E-state index is 13.3. The molecule has 7 nitrogen and oxygen atoms in total. The van der Waals surface area contributed by atoms with Gasteiger partial charge in [-0.3, -0.25) is 14.4 Å². The van der Waals surface area contributed by atoms with Crippen LogP contribution in [0.1, 0.15) is 67.2 Å². The fourth-order valence-electron chi connectivity index (χ4n) is 5.20. The van der Waals surface area contributed by atoms with E-state index in [1.54, 1.807) is 0 Å². The van der Waals surface area contributed by atoms with E-state index >= 15 is 0 Å². The van der Waals surface area contributed by atoms with Gasteiger partial charge in [0.25, 0.3) is 0 Å². The van der Waals surface area contributed by atoms with Gasteiger partial charge < -0.3 is 20.4 Å². The number of hydrogen-bond acceptors (Lipinski definition) is 7. The number of allylic oxidation sites excluding steroid dienone is 1. The summed E-state index contributed by atoms with van der Waals surface area (Å²) in [5.41, 5.74) is -5.38. The van der Waals surface area contributed by atoms with Crippen LogP contribution < -0.4 is 0 Å². The van der Waals surface area contributed by atoms with E-state index < -0.39 is 51.2 Å². The number of aromatic hydroxyl groups is 3. The molecule has 0 bridgehead atoms. The van der Waals surface area contributed by atoms with Crippen molar-refractivity contribution in [1.29, 1.82) is 0 Å². The van der Waals surface area contributed by atoms with Crippen LogP contribution in [0.4, 0.5) is 0 Å². The van der Waals surface area contributed by atoms with Gasteiger partial charge in [-0.25, -0.2) is 0 Å². The summed E-state index contributed by atoms with van der Waals surface area (Å²) in [7, 11) is 0. The molecule has 0 amide bonds. The quantitative estimate of drug-likeness (QED) is 0.509. The van der Waals surface area contributed by atoms with Gasteiger partial charge in [0.05, 0.1) is 27.1 Å². The number of hydrogen-bond donors (Lipinski definition) is 4. The Hall–Kier alpha value is -3.16. The van der Waals surface area contributed by atoms with E-state index in [-0.39, 0.29) is 44.0 Å². The second-order valence-corrected chi connectivity index (χ2v) is 8.77. The number of carbonyl (C=O) groups excluding carboxylic acids is 3. The first kappa shape index (κ1) is 18.8. The van der Waals surface area contributed by atoms with Crippen molar-refractivity contribution in [3.8, 4) is 17.2 Å². The van der Waals surface area contributed by atoms with Gasteiger partial charge in [-0.05, 0) is 32.4 Å². The fourth-order valence-corrected chi connectivity index (χ4v) is 5.66. The minimum atomic E-state index is -2.29. The van der Waals surface area contributed by atoms with Crippen molar-refractivity contribution in [2.75, 3.05) is 0 Å². The van der Waals surface area contributed by atoms with Crippen molar-refractivity contribution in [2.24, 2.45) is 5.41 Å². The van der Waals surface area contributed by atoms with Gasteiger partial charge in [0.1, 0.15) is 22.8 Å². The van der Waals surface area contributed by atoms with E-state index in [9.17, 15) is 34.8 Å². The lowest BCUT2D eigenvalue weighted by Crippen LogP contribution is -2.53. The molecule has 3 aliphatic rings. The number of halogens is 1. The molecule has 1 atom stereocenters. The lowest BCUT2D eigenvalue weighted by molar-refractivity contribution is 0.0557. The van der Waals surface area contributed by atoms with E-state index in [4.69, 9.17) is 11.6 Å². The topological polar surface area (TPSA) is 132 Å². The molecule has 2 aromatic carbocycles. The normalized spacial score (nSPS) is 23.0. The largest absolute Gasteiger partial charge is 0.507 e. The zero-order valence-corrected chi connectivity index (χ0v) is 16.8. The van der Waals surface area contributed by atoms with Crippen molar-refractivity contribution in [2.45, 2.75) is 26.4 Å². The highest BCUT2D eigenvalue weighted by Gasteiger charge is 2.63. The van der Waals surface area contributed by atoms with E-state index in [0.717, 1.165) is 6.07 Å². The maximum Gasteiger partial charge on any atom is 0.205 e. The number of Topliss-reactive ketones (excluding diaryl/α,β-unsaturated/α-hetero) is 2. The summed E-state index contributed by atoms with van der Waals surface area (Å²) in [5.74, 6) is -3.99. The van der Waals surface area contributed by atoms with E-state index in [1.165, 1.54) is 26.8 Å². The third-order valence-electron chi connectivity index (χ3n) is 6.39. The molecule has 0 aliphatic heterocycles. The molecule has 4 N–H and O–H groups in total. The minimum Gasteiger partial charge on any atom is -0.507 e. The molecule has 0 radical (unpaired) electrons. The van der Waals surface area contributed by atoms with Crippen LogP contribution in [-0.4, -0.2) is 37.8 Å². The fraction of sp³-hybridized carbons (Fsp3) is 0.227. The highest BCUT2D eigenvalue weighted by atomic mass is 35.5. The molecule has 0 spiro atoms. The maximum absolute atomic E-state index is 13.3. The van der Waals surface area contributed by atoms with Gasteiger partial charge in [0.2, 0.25) is 11.6 Å². The average molecular weight is 427 g/mol. The first-order valence-electron chi connectivity index (χ1n) is 9.10. The Morgan fingerprint density at radius 2 is 1.30 bits per heavy atom. The van der Waals surface area contributed by atoms with Gasteiger partial charge in [0, 0.05) is 28.3 Å². The molecule has 152 valence electrons. The number of rotatable bonds is 0. The van der Waals surface area contributed by atoms with Crippen molar-refractivity contribution in [3.63, 3.8) is 0 Å². The van der Waals surface area contributed by atoms with Crippen molar-refractivity contribution >= 4 is 29.0 Å². The van der Waals surface area contributed by atoms with Gasteiger partial charge in [0.15, 0.2) is 5.78 Å². The molecule has 2 aromatic rings. The molecule has 5 rings (SSSR count). The third-order valence-corrected chi connectivity index (χ3v) is 6.76. The molecule has 30 heavy (non-hydrogen) atoms. The Bertz CT molecular complexity index is 1330.